The van der Waals surface area contributed by atoms with Crippen molar-refractivity contribution in [1.29, 1.82) is 0 Å². The lowest BCUT2D eigenvalue weighted by Gasteiger charge is -2.16. The third kappa shape index (κ3) is 3.87. The molecule has 0 saturated carbocycles. The van der Waals surface area contributed by atoms with E-state index in [1.807, 2.05) is 30.3 Å². The van der Waals surface area contributed by atoms with E-state index in [2.05, 4.69) is 10.5 Å². The summed E-state index contributed by atoms with van der Waals surface area (Å²) >= 11 is 5.01. The summed E-state index contributed by atoms with van der Waals surface area (Å²) in [6.07, 6.45) is 0. The molecule has 1 aromatic heterocycles. The lowest BCUT2D eigenvalue weighted by molar-refractivity contribution is 0.0937. The van der Waals surface area contributed by atoms with Crippen LogP contribution >= 0.6 is 12.2 Å². The fourth-order valence-electron chi connectivity index (χ4n) is 1.80. The SMILES string of the molecule is COCc1cc(C(=O)NC(C(N)=S)c2ccccc2)no1. The van der Waals surface area contributed by atoms with E-state index in [1.54, 1.807) is 0 Å². The molecule has 21 heavy (non-hydrogen) atoms. The molecule has 0 bridgehead atoms. The lowest BCUT2D eigenvalue weighted by atomic mass is 10.1. The van der Waals surface area contributed by atoms with Crippen molar-refractivity contribution in [1.82, 2.24) is 10.5 Å². The zero-order valence-electron chi connectivity index (χ0n) is 11.4. The van der Waals surface area contributed by atoms with Crippen molar-refractivity contribution in [2.75, 3.05) is 7.11 Å². The molecule has 0 radical (unpaired) electrons. The number of nitrogens with two attached hydrogens (primary N) is 1. The van der Waals surface area contributed by atoms with Crippen molar-refractivity contribution >= 4 is 23.1 Å². The fraction of sp³-hybridized carbons (Fsp3) is 0.214. The highest BCUT2D eigenvalue weighted by Gasteiger charge is 2.20. The third-order valence-electron chi connectivity index (χ3n) is 2.77. The molecule has 1 amide bonds. The number of amides is 1. The topological polar surface area (TPSA) is 90.4 Å². The maximum atomic E-state index is 12.2. The van der Waals surface area contributed by atoms with Gasteiger partial charge in [-0.05, 0) is 5.56 Å². The largest absolute Gasteiger partial charge is 0.391 e. The van der Waals surface area contributed by atoms with Gasteiger partial charge in [0.2, 0.25) is 0 Å². The summed E-state index contributed by atoms with van der Waals surface area (Å²) in [6.45, 7) is 0.248. The first-order valence-electron chi connectivity index (χ1n) is 6.21. The van der Waals surface area contributed by atoms with Crippen LogP contribution in [0.2, 0.25) is 0 Å². The molecule has 1 heterocycles. The molecule has 1 atom stereocenters. The summed E-state index contributed by atoms with van der Waals surface area (Å²) in [7, 11) is 1.53. The Labute approximate surface area is 127 Å². The van der Waals surface area contributed by atoms with Gasteiger partial charge in [0, 0.05) is 13.2 Å². The van der Waals surface area contributed by atoms with Crippen LogP contribution in [-0.4, -0.2) is 23.2 Å². The van der Waals surface area contributed by atoms with E-state index in [-0.39, 0.29) is 17.3 Å². The summed E-state index contributed by atoms with van der Waals surface area (Å²) in [6, 6.07) is 10.2. The highest BCUT2D eigenvalue weighted by Crippen LogP contribution is 2.14. The smallest absolute Gasteiger partial charge is 0.274 e. The highest BCUT2D eigenvalue weighted by atomic mass is 32.1. The number of hydrogen-bond acceptors (Lipinski definition) is 5. The molecular formula is C14H15N3O3S. The van der Waals surface area contributed by atoms with Gasteiger partial charge in [-0.1, -0.05) is 47.7 Å². The number of nitrogens with one attached hydrogen (secondary N) is 1. The second-order valence-electron chi connectivity index (χ2n) is 4.33. The maximum Gasteiger partial charge on any atom is 0.274 e. The first-order chi connectivity index (χ1) is 10.1. The van der Waals surface area contributed by atoms with Gasteiger partial charge >= 0.3 is 0 Å². The molecule has 6 nitrogen and oxygen atoms in total. The molecule has 2 aromatic rings. The van der Waals surface area contributed by atoms with Crippen LogP contribution in [0.3, 0.4) is 0 Å². The molecule has 2 rings (SSSR count). The Morgan fingerprint density at radius 2 is 2.19 bits per heavy atom. The molecule has 0 fully saturated rings. The van der Waals surface area contributed by atoms with Crippen LogP contribution in [0.4, 0.5) is 0 Å². The highest BCUT2D eigenvalue weighted by molar-refractivity contribution is 7.80. The molecule has 0 aliphatic heterocycles. The minimum absolute atomic E-state index is 0.152. The third-order valence-corrected chi connectivity index (χ3v) is 3.01. The zero-order chi connectivity index (χ0) is 15.2. The van der Waals surface area contributed by atoms with Crippen molar-refractivity contribution in [2.45, 2.75) is 12.6 Å². The Hall–Kier alpha value is -2.25. The van der Waals surface area contributed by atoms with Crippen LogP contribution in [-0.2, 0) is 11.3 Å². The van der Waals surface area contributed by atoms with Gasteiger partial charge in [-0.2, -0.15) is 0 Å². The van der Waals surface area contributed by atoms with E-state index in [4.69, 9.17) is 27.2 Å². The first-order valence-corrected chi connectivity index (χ1v) is 6.62. The van der Waals surface area contributed by atoms with Gasteiger partial charge in [0.25, 0.3) is 5.91 Å². The molecule has 0 saturated heterocycles. The van der Waals surface area contributed by atoms with Crippen molar-refractivity contribution in [3.8, 4) is 0 Å². The van der Waals surface area contributed by atoms with E-state index in [0.29, 0.717) is 5.76 Å². The van der Waals surface area contributed by atoms with Crippen molar-refractivity contribution in [3.05, 3.63) is 53.4 Å². The lowest BCUT2D eigenvalue weighted by Crippen LogP contribution is -2.36. The number of carbonyl (C=O) groups excluding carboxylic acids is 1. The van der Waals surface area contributed by atoms with Gasteiger partial charge in [-0.15, -0.1) is 0 Å². The van der Waals surface area contributed by atoms with Crippen LogP contribution in [0, 0.1) is 0 Å². The number of methoxy groups -OCH3 is 1. The zero-order valence-corrected chi connectivity index (χ0v) is 12.2. The van der Waals surface area contributed by atoms with Crippen LogP contribution < -0.4 is 11.1 Å². The van der Waals surface area contributed by atoms with Gasteiger partial charge in [-0.25, -0.2) is 0 Å². The minimum Gasteiger partial charge on any atom is -0.391 e. The standard InChI is InChI=1S/C14H15N3O3S/c1-19-8-10-7-11(17-20-10)14(18)16-12(13(15)21)9-5-3-2-4-6-9/h2-7,12H,8H2,1H3,(H2,15,21)(H,16,18). The fourth-order valence-corrected chi connectivity index (χ4v) is 1.99. The van der Waals surface area contributed by atoms with Crippen LogP contribution in [0.5, 0.6) is 0 Å². The summed E-state index contributed by atoms with van der Waals surface area (Å²) in [4.78, 5) is 12.3. The number of carbonyl (C=O) groups is 1. The quantitative estimate of drug-likeness (QED) is 0.787. The average Bonchev–Trinajstić information content (AvgIpc) is 2.94. The Balaban J connectivity index is 2.13. The van der Waals surface area contributed by atoms with Gasteiger partial charge in [0.1, 0.15) is 17.6 Å². The summed E-state index contributed by atoms with van der Waals surface area (Å²) in [5.41, 5.74) is 6.66. The van der Waals surface area contributed by atoms with Gasteiger partial charge in [0.15, 0.2) is 11.5 Å². The number of thiocarbonyl (C=S) groups is 1. The maximum absolute atomic E-state index is 12.2. The Morgan fingerprint density at radius 3 is 2.81 bits per heavy atom. The number of benzene rings is 1. The molecule has 0 spiro atoms. The number of ether oxygens (including phenoxy) is 1. The van der Waals surface area contributed by atoms with Crippen molar-refractivity contribution in [3.63, 3.8) is 0 Å². The second-order valence-corrected chi connectivity index (χ2v) is 4.80. The molecule has 1 aromatic carbocycles. The molecule has 110 valence electrons. The molecule has 7 heteroatoms. The summed E-state index contributed by atoms with van der Waals surface area (Å²) < 4.78 is 9.88. The number of hydrogen-bond donors (Lipinski definition) is 2. The second kappa shape index (κ2) is 6.96. The Bertz CT molecular complexity index is 627. The van der Waals surface area contributed by atoms with E-state index in [1.165, 1.54) is 13.2 Å². The van der Waals surface area contributed by atoms with E-state index < -0.39 is 11.9 Å². The minimum atomic E-state index is -0.559. The van der Waals surface area contributed by atoms with E-state index in [0.717, 1.165) is 5.56 Å². The Morgan fingerprint density at radius 1 is 1.48 bits per heavy atom. The van der Waals surface area contributed by atoms with Crippen molar-refractivity contribution in [2.24, 2.45) is 5.73 Å². The molecule has 0 aliphatic rings. The monoisotopic (exact) mass is 305 g/mol. The van der Waals surface area contributed by atoms with Crippen molar-refractivity contribution < 1.29 is 14.1 Å². The average molecular weight is 305 g/mol. The van der Waals surface area contributed by atoms with Crippen LogP contribution in [0.15, 0.2) is 40.9 Å². The normalized spacial score (nSPS) is 11.9. The van der Waals surface area contributed by atoms with Gasteiger partial charge in [0.05, 0.1) is 0 Å². The van der Waals surface area contributed by atoms with Gasteiger partial charge in [-0.3, -0.25) is 4.79 Å². The molecule has 3 N–H and O–H groups in total. The van der Waals surface area contributed by atoms with Gasteiger partial charge < -0.3 is 20.3 Å². The summed E-state index contributed by atoms with van der Waals surface area (Å²) in [5.74, 6) is 0.0528. The first kappa shape index (κ1) is 15.1. The van der Waals surface area contributed by atoms with Crippen LogP contribution in [0.1, 0.15) is 27.9 Å². The number of nitrogens with zero attached hydrogens (tertiary/aromatic N) is 1. The van der Waals surface area contributed by atoms with E-state index in [9.17, 15) is 4.79 Å². The molecule has 0 aliphatic carbocycles. The van der Waals surface area contributed by atoms with Crippen LogP contribution in [0.25, 0.3) is 0 Å². The Kier molecular flexibility index (Phi) is 5.02. The predicted octanol–water partition coefficient (Wildman–Crippen LogP) is 1.58. The number of aromatic nitrogens is 1. The number of rotatable bonds is 6. The molecular weight excluding hydrogens is 290 g/mol. The summed E-state index contributed by atoms with van der Waals surface area (Å²) in [5, 5.41) is 6.43. The molecule has 1 unspecified atom stereocenters. The van der Waals surface area contributed by atoms with E-state index >= 15 is 0 Å². The predicted molar refractivity (Wildman–Crippen MR) is 80.7 cm³/mol.